The first-order valence-electron chi connectivity index (χ1n) is 8.36. The van der Waals surface area contributed by atoms with Gasteiger partial charge in [-0.15, -0.1) is 0 Å². The summed E-state index contributed by atoms with van der Waals surface area (Å²) in [6, 6.07) is 0. The van der Waals surface area contributed by atoms with Crippen molar-refractivity contribution in [2.45, 2.75) is 24.1 Å². The molecule has 2 N–H and O–H groups in total. The highest BCUT2D eigenvalue weighted by molar-refractivity contribution is 8.13. The Bertz CT molecular complexity index is 802. The number of ether oxygens (including phenoxy) is 2. The molecule has 190 valence electrons. The van der Waals surface area contributed by atoms with Gasteiger partial charge in [0.05, 0.1) is 39.6 Å². The molecule has 0 unspecified atom stereocenters. The summed E-state index contributed by atoms with van der Waals surface area (Å²) in [6.45, 7) is 3.62. The number of sulfonamides is 2. The molecule has 1 rings (SSSR count). The van der Waals surface area contributed by atoms with Crippen molar-refractivity contribution in [2.24, 2.45) is 0 Å². The molecule has 0 aliphatic heterocycles. The van der Waals surface area contributed by atoms with E-state index in [1.807, 2.05) is 27.9 Å². The molecule has 0 amide bonds. The van der Waals surface area contributed by atoms with E-state index in [-0.39, 0.29) is 13.2 Å². The highest BCUT2D eigenvalue weighted by Crippen LogP contribution is 2.36. The van der Waals surface area contributed by atoms with Crippen molar-refractivity contribution in [3.8, 4) is 0 Å². The molecular weight excluding hydrogens is 504 g/mol. The van der Waals surface area contributed by atoms with Gasteiger partial charge < -0.3 is 23.8 Å². The van der Waals surface area contributed by atoms with Crippen LogP contribution in [0.2, 0.25) is 0 Å². The SMILES string of the molecule is O=S(=O)([N-]S(=O)(=O)C(F)(F)F)C(F)(F)F.OCCOCCn1cc[n+](CCOCCO)c1. The van der Waals surface area contributed by atoms with Crippen molar-refractivity contribution in [2.75, 3.05) is 39.6 Å². The molecule has 1 aromatic rings. The van der Waals surface area contributed by atoms with Gasteiger partial charge in [-0.25, -0.2) is 26.0 Å². The van der Waals surface area contributed by atoms with Gasteiger partial charge in [0.15, 0.2) is 20.0 Å². The number of hydrogen-bond acceptors (Lipinski definition) is 8. The second-order valence-electron chi connectivity index (χ2n) is 5.48. The van der Waals surface area contributed by atoms with Crippen LogP contribution in [0.15, 0.2) is 18.7 Å². The van der Waals surface area contributed by atoms with Gasteiger partial charge in [-0.2, -0.15) is 26.3 Å². The van der Waals surface area contributed by atoms with Crippen molar-refractivity contribution >= 4 is 20.0 Å². The van der Waals surface area contributed by atoms with Crippen molar-refractivity contribution in [3.05, 3.63) is 22.8 Å². The Kier molecular flexibility index (Phi) is 12.6. The molecule has 0 aliphatic rings. The summed E-state index contributed by atoms with van der Waals surface area (Å²) in [4.78, 5) is 0. The average Bonchev–Trinajstić information content (AvgIpc) is 3.08. The lowest BCUT2D eigenvalue weighted by molar-refractivity contribution is -0.698. The van der Waals surface area contributed by atoms with Crippen molar-refractivity contribution in [3.63, 3.8) is 0 Å². The van der Waals surface area contributed by atoms with Gasteiger partial charge in [-0.1, -0.05) is 0 Å². The average molecular weight is 525 g/mol. The molecule has 0 saturated carbocycles. The Morgan fingerprint density at radius 1 is 0.844 bits per heavy atom. The second kappa shape index (κ2) is 13.3. The van der Waals surface area contributed by atoms with E-state index in [0.717, 1.165) is 17.2 Å². The molecular formula is C13H21F6N3O8S2. The van der Waals surface area contributed by atoms with Crippen LogP contribution >= 0.6 is 0 Å². The van der Waals surface area contributed by atoms with Crippen molar-refractivity contribution < 1.29 is 67.4 Å². The predicted octanol–water partition coefficient (Wildman–Crippen LogP) is -0.147. The van der Waals surface area contributed by atoms with E-state index in [1.54, 1.807) is 0 Å². The van der Waals surface area contributed by atoms with Gasteiger partial charge in [0.25, 0.3) is 0 Å². The fourth-order valence-electron chi connectivity index (χ4n) is 1.59. The molecule has 0 saturated heterocycles. The van der Waals surface area contributed by atoms with Gasteiger partial charge in [-0.05, 0) is 0 Å². The normalized spacial score (nSPS) is 13.0. The number of aliphatic hydroxyl groups is 2. The lowest BCUT2D eigenvalue weighted by Gasteiger charge is -2.22. The molecule has 0 aromatic carbocycles. The molecule has 0 radical (unpaired) electrons. The number of rotatable bonds is 12. The Balaban J connectivity index is 0.000000607. The third-order valence-electron chi connectivity index (χ3n) is 2.99. The van der Waals surface area contributed by atoms with Crippen LogP contribution in [0.1, 0.15) is 0 Å². The Morgan fingerprint density at radius 3 is 1.75 bits per heavy atom. The highest BCUT2D eigenvalue weighted by atomic mass is 32.3. The summed E-state index contributed by atoms with van der Waals surface area (Å²) in [5.41, 5.74) is -12.4. The van der Waals surface area contributed by atoms with Crippen molar-refractivity contribution in [1.29, 1.82) is 0 Å². The van der Waals surface area contributed by atoms with E-state index >= 15 is 0 Å². The third-order valence-corrected chi connectivity index (χ3v) is 5.73. The van der Waals surface area contributed by atoms with Crippen LogP contribution in [0.3, 0.4) is 0 Å². The van der Waals surface area contributed by atoms with Crippen LogP contribution in [0, 0.1) is 0 Å². The summed E-state index contributed by atoms with van der Waals surface area (Å²) in [7, 11) is -13.4. The van der Waals surface area contributed by atoms with Crippen LogP contribution < -0.4 is 4.57 Å². The standard InChI is InChI=1S/C11H21N2O4.C2F6NO4S2/c14-5-9-16-7-3-12-1-2-13(11-12)4-8-17-10-6-15;3-1(4,5)14(10,11)9-15(12,13)2(6,7)8/h1-2,11,14-15H,3-10H2;/q+1;-1. The molecule has 0 aliphatic carbocycles. The predicted molar refractivity (Wildman–Crippen MR) is 93.7 cm³/mol. The van der Waals surface area contributed by atoms with E-state index in [4.69, 9.17) is 19.7 Å². The fraction of sp³-hybridized carbons (Fsp3) is 0.769. The molecule has 11 nitrogen and oxygen atoms in total. The first-order valence-corrected chi connectivity index (χ1v) is 11.2. The maximum atomic E-state index is 11.4. The molecule has 0 bridgehead atoms. The highest BCUT2D eigenvalue weighted by Gasteiger charge is 2.46. The molecule has 1 heterocycles. The maximum absolute atomic E-state index is 11.4. The number of aromatic nitrogens is 2. The van der Waals surface area contributed by atoms with Gasteiger partial charge >= 0.3 is 11.0 Å². The van der Waals surface area contributed by atoms with Gasteiger partial charge in [0, 0.05) is 0 Å². The molecule has 19 heteroatoms. The van der Waals surface area contributed by atoms with E-state index in [0.29, 0.717) is 26.4 Å². The zero-order valence-corrected chi connectivity index (χ0v) is 17.8. The summed E-state index contributed by atoms with van der Waals surface area (Å²) in [5, 5.41) is 17.1. The fourth-order valence-corrected chi connectivity index (χ4v) is 3.30. The number of alkyl halides is 6. The summed E-state index contributed by atoms with van der Waals surface area (Å²) in [5.74, 6) is 0. The first-order chi connectivity index (χ1) is 14.6. The molecule has 32 heavy (non-hydrogen) atoms. The minimum absolute atomic E-state index is 0.0634. The lowest BCUT2D eigenvalue weighted by atomic mass is 10.6. The molecule has 1 aromatic heterocycles. The van der Waals surface area contributed by atoms with Crippen LogP contribution in [-0.2, 0) is 42.6 Å². The Morgan fingerprint density at radius 2 is 1.31 bits per heavy atom. The van der Waals surface area contributed by atoms with Gasteiger partial charge in [0.2, 0.25) is 6.33 Å². The van der Waals surface area contributed by atoms with Crippen LogP contribution in [0.25, 0.3) is 4.13 Å². The number of halogens is 6. The quantitative estimate of drug-likeness (QED) is 0.217. The number of imidazole rings is 1. The van der Waals surface area contributed by atoms with E-state index < -0.39 is 31.1 Å². The topological polar surface area (TPSA) is 150 Å². The van der Waals surface area contributed by atoms with Crippen LogP contribution in [-0.4, -0.2) is 82.3 Å². The largest absolute Gasteiger partial charge is 0.480 e. The van der Waals surface area contributed by atoms with Gasteiger partial charge in [0.1, 0.15) is 25.5 Å². The second-order valence-corrected chi connectivity index (χ2v) is 8.90. The number of aliphatic hydroxyl groups excluding tert-OH is 2. The number of hydrogen-bond donors (Lipinski definition) is 2. The van der Waals surface area contributed by atoms with Gasteiger partial charge in [-0.3, -0.25) is 0 Å². The van der Waals surface area contributed by atoms with Crippen LogP contribution in [0.4, 0.5) is 26.3 Å². The van der Waals surface area contributed by atoms with Crippen molar-refractivity contribution in [1.82, 2.24) is 4.57 Å². The minimum Gasteiger partial charge on any atom is -0.421 e. The molecule has 0 spiro atoms. The lowest BCUT2D eigenvalue weighted by Crippen LogP contribution is -2.34. The smallest absolute Gasteiger partial charge is 0.421 e. The molecule has 0 fully saturated rings. The number of nitrogens with zero attached hydrogens (tertiary/aromatic N) is 3. The zero-order valence-electron chi connectivity index (χ0n) is 16.2. The van der Waals surface area contributed by atoms with E-state index in [9.17, 15) is 43.2 Å². The monoisotopic (exact) mass is 525 g/mol. The van der Waals surface area contributed by atoms with Crippen LogP contribution in [0.5, 0.6) is 0 Å². The first kappa shape index (κ1) is 30.5. The van der Waals surface area contributed by atoms with E-state index in [1.165, 1.54) is 0 Å². The third kappa shape index (κ3) is 11.4. The molecule has 0 atom stereocenters. The maximum Gasteiger partial charge on any atom is 0.480 e. The summed E-state index contributed by atoms with van der Waals surface area (Å²) < 4.78 is 124. The minimum atomic E-state index is -6.72. The van der Waals surface area contributed by atoms with E-state index in [2.05, 4.69) is 0 Å². The zero-order chi connectivity index (χ0) is 25.1. The Labute approximate surface area is 179 Å². The summed E-state index contributed by atoms with van der Waals surface area (Å²) in [6.07, 6.45) is 5.91. The Hall–Kier alpha value is -1.51. The summed E-state index contributed by atoms with van der Waals surface area (Å²) >= 11 is 0.